The zero-order valence-electron chi connectivity index (χ0n) is 15.0. The number of halogens is 2. The van der Waals surface area contributed by atoms with Gasteiger partial charge in [-0.25, -0.2) is 0 Å². The first-order chi connectivity index (χ1) is 13.1. The Morgan fingerprint density at radius 3 is 3.00 bits per heavy atom. The predicted molar refractivity (Wildman–Crippen MR) is 97.0 cm³/mol. The molecule has 4 rings (SSSR count). The lowest BCUT2D eigenvalue weighted by Gasteiger charge is -2.17. The summed E-state index contributed by atoms with van der Waals surface area (Å²) in [5.41, 5.74) is 1.74. The molecule has 1 fully saturated rings. The van der Waals surface area contributed by atoms with Gasteiger partial charge >= 0.3 is 6.61 Å². The first kappa shape index (κ1) is 17.7. The van der Waals surface area contributed by atoms with Crippen molar-refractivity contribution >= 4 is 27.8 Å². The summed E-state index contributed by atoms with van der Waals surface area (Å²) in [4.78, 5) is 18.4. The molecule has 0 aliphatic carbocycles. The summed E-state index contributed by atoms with van der Waals surface area (Å²) < 4.78 is 36.0. The Hall–Kier alpha value is -2.70. The molecule has 2 aromatic heterocycles. The Kier molecular flexibility index (Phi) is 4.68. The van der Waals surface area contributed by atoms with Gasteiger partial charge in [0.15, 0.2) is 11.3 Å². The van der Waals surface area contributed by atoms with Gasteiger partial charge in [-0.1, -0.05) is 19.4 Å². The van der Waals surface area contributed by atoms with Crippen molar-refractivity contribution in [3.63, 3.8) is 0 Å². The van der Waals surface area contributed by atoms with E-state index in [-0.39, 0.29) is 23.2 Å². The van der Waals surface area contributed by atoms with Crippen LogP contribution in [0.3, 0.4) is 0 Å². The van der Waals surface area contributed by atoms with E-state index < -0.39 is 6.61 Å². The van der Waals surface area contributed by atoms with Crippen LogP contribution >= 0.6 is 0 Å². The number of ether oxygens (including phenoxy) is 1. The number of carbonyl (C=O) groups excluding carboxylic acids is 1. The van der Waals surface area contributed by atoms with Gasteiger partial charge in [-0.15, -0.1) is 0 Å². The molecule has 142 valence electrons. The molecular weight excluding hydrogens is 354 g/mol. The van der Waals surface area contributed by atoms with Crippen LogP contribution in [0.15, 0.2) is 35.0 Å². The lowest BCUT2D eigenvalue weighted by atomic mass is 9.93. The molecule has 3 heterocycles. The Morgan fingerprint density at radius 1 is 1.37 bits per heavy atom. The van der Waals surface area contributed by atoms with E-state index in [1.165, 1.54) is 6.07 Å². The molecule has 0 radical (unpaired) electrons. The van der Waals surface area contributed by atoms with E-state index in [0.29, 0.717) is 23.9 Å². The third-order valence-electron chi connectivity index (χ3n) is 5.07. The summed E-state index contributed by atoms with van der Waals surface area (Å²) in [5, 5.41) is 1.44. The molecule has 1 amide bonds. The van der Waals surface area contributed by atoms with Crippen LogP contribution in [0.4, 0.5) is 8.78 Å². The fraction of sp³-hybridized carbons (Fsp3) is 0.400. The van der Waals surface area contributed by atoms with E-state index in [9.17, 15) is 13.6 Å². The van der Waals surface area contributed by atoms with Gasteiger partial charge in [0, 0.05) is 48.6 Å². The van der Waals surface area contributed by atoms with Crippen molar-refractivity contribution in [3.05, 3.63) is 36.2 Å². The first-order valence-electron chi connectivity index (χ1n) is 9.10. The number of benzene rings is 1. The number of hydrogen-bond donors (Lipinski definition) is 0. The Labute approximate surface area is 154 Å². The van der Waals surface area contributed by atoms with Crippen LogP contribution in [-0.4, -0.2) is 35.5 Å². The largest absolute Gasteiger partial charge is 0.452 e. The van der Waals surface area contributed by atoms with Gasteiger partial charge in [0.1, 0.15) is 5.58 Å². The minimum atomic E-state index is -2.94. The highest BCUT2D eigenvalue weighted by molar-refractivity contribution is 6.08. The average Bonchev–Trinajstić information content (AvgIpc) is 3.21. The quantitative estimate of drug-likeness (QED) is 0.628. The molecule has 0 bridgehead atoms. The fourth-order valence-electron chi connectivity index (χ4n) is 3.80. The second-order valence-electron chi connectivity index (χ2n) is 6.80. The second kappa shape index (κ2) is 7.13. The summed E-state index contributed by atoms with van der Waals surface area (Å²) >= 11 is 0. The molecule has 5 nitrogen and oxygen atoms in total. The standard InChI is InChI=1S/C20H20F2N2O3/c1-2-3-8-24-11-12(9-17(24)25)13-4-5-16(27-20(21)22)19-18(13)14-10-23-7-6-15(14)26-19/h4-7,10,12,20H,2-3,8-9,11H2,1H3. The molecular formula is C20H20F2N2O3. The maximum Gasteiger partial charge on any atom is 0.387 e. The maximum atomic E-state index is 12.8. The van der Waals surface area contributed by atoms with Crippen molar-refractivity contribution in [2.75, 3.05) is 13.1 Å². The van der Waals surface area contributed by atoms with Gasteiger partial charge in [-0.2, -0.15) is 8.78 Å². The van der Waals surface area contributed by atoms with E-state index in [2.05, 4.69) is 16.6 Å². The molecule has 7 heteroatoms. The molecule has 27 heavy (non-hydrogen) atoms. The van der Waals surface area contributed by atoms with E-state index in [1.807, 2.05) is 4.90 Å². The molecule has 1 aromatic carbocycles. The van der Waals surface area contributed by atoms with Crippen LogP contribution in [0.25, 0.3) is 21.9 Å². The lowest BCUT2D eigenvalue weighted by molar-refractivity contribution is -0.127. The number of likely N-dealkylation sites (tertiary alicyclic amines) is 1. The van der Waals surface area contributed by atoms with Gasteiger partial charge in [0.25, 0.3) is 0 Å². The summed E-state index contributed by atoms with van der Waals surface area (Å²) in [6.45, 7) is 0.516. The zero-order chi connectivity index (χ0) is 19.0. The number of hydrogen-bond acceptors (Lipinski definition) is 4. The van der Waals surface area contributed by atoms with Crippen LogP contribution in [0.2, 0.25) is 0 Å². The summed E-state index contributed by atoms with van der Waals surface area (Å²) in [7, 11) is 0. The molecule has 1 aliphatic heterocycles. The smallest absolute Gasteiger partial charge is 0.387 e. The fourth-order valence-corrected chi connectivity index (χ4v) is 3.80. The van der Waals surface area contributed by atoms with Crippen LogP contribution in [0, 0.1) is 0 Å². The van der Waals surface area contributed by atoms with Crippen molar-refractivity contribution in [2.45, 2.75) is 38.7 Å². The Bertz CT molecular complexity index is 986. The second-order valence-corrected chi connectivity index (χ2v) is 6.80. The molecule has 1 unspecified atom stereocenters. The van der Waals surface area contributed by atoms with E-state index in [0.717, 1.165) is 30.3 Å². The maximum absolute atomic E-state index is 12.8. The number of amides is 1. The molecule has 1 saturated heterocycles. The van der Waals surface area contributed by atoms with E-state index >= 15 is 0 Å². The van der Waals surface area contributed by atoms with E-state index in [4.69, 9.17) is 4.42 Å². The number of aromatic nitrogens is 1. The van der Waals surface area contributed by atoms with Gasteiger partial charge in [-0.3, -0.25) is 9.78 Å². The Balaban J connectivity index is 1.81. The zero-order valence-corrected chi connectivity index (χ0v) is 15.0. The summed E-state index contributed by atoms with van der Waals surface area (Å²) in [5.74, 6) is 0.103. The monoisotopic (exact) mass is 374 g/mol. The summed E-state index contributed by atoms with van der Waals surface area (Å²) in [6, 6.07) is 4.96. The third-order valence-corrected chi connectivity index (χ3v) is 5.07. The van der Waals surface area contributed by atoms with Crippen molar-refractivity contribution in [1.82, 2.24) is 9.88 Å². The first-order valence-corrected chi connectivity index (χ1v) is 9.10. The number of unbranched alkanes of at least 4 members (excludes halogenated alkanes) is 1. The Morgan fingerprint density at radius 2 is 2.22 bits per heavy atom. The van der Waals surface area contributed by atoms with Gasteiger partial charge in [-0.05, 0) is 24.1 Å². The highest BCUT2D eigenvalue weighted by Gasteiger charge is 2.32. The van der Waals surface area contributed by atoms with Crippen molar-refractivity contribution in [3.8, 4) is 5.75 Å². The SMILES string of the molecule is CCCCN1CC(c2ccc(OC(F)F)c3oc4ccncc4c23)CC1=O. The highest BCUT2D eigenvalue weighted by Crippen LogP contribution is 2.42. The van der Waals surface area contributed by atoms with Crippen LogP contribution in [0.1, 0.15) is 37.7 Å². The third kappa shape index (κ3) is 3.22. The van der Waals surface area contributed by atoms with Crippen molar-refractivity contribution in [1.29, 1.82) is 0 Å². The molecule has 1 atom stereocenters. The number of fused-ring (bicyclic) bond motifs is 3. The number of nitrogens with zero attached hydrogens (tertiary/aromatic N) is 2. The molecule has 1 aliphatic rings. The van der Waals surface area contributed by atoms with Gasteiger partial charge in [0.05, 0.1) is 0 Å². The number of furan rings is 1. The average molecular weight is 374 g/mol. The minimum Gasteiger partial charge on any atom is -0.452 e. The molecule has 0 saturated carbocycles. The van der Waals surface area contributed by atoms with Crippen molar-refractivity contribution < 1.29 is 22.7 Å². The number of pyridine rings is 1. The van der Waals surface area contributed by atoms with Crippen LogP contribution < -0.4 is 4.74 Å². The lowest BCUT2D eigenvalue weighted by Crippen LogP contribution is -2.26. The van der Waals surface area contributed by atoms with Gasteiger partial charge < -0.3 is 14.1 Å². The molecule has 0 spiro atoms. The number of carbonyl (C=O) groups is 1. The molecule has 0 N–H and O–H groups in total. The summed E-state index contributed by atoms with van der Waals surface area (Å²) in [6.07, 6.45) is 5.64. The minimum absolute atomic E-state index is 0.00730. The predicted octanol–water partition coefficient (Wildman–Crippen LogP) is 4.70. The molecule has 3 aromatic rings. The van der Waals surface area contributed by atoms with E-state index in [1.54, 1.807) is 24.5 Å². The van der Waals surface area contributed by atoms with Crippen molar-refractivity contribution in [2.24, 2.45) is 0 Å². The van der Waals surface area contributed by atoms with Crippen LogP contribution in [0.5, 0.6) is 5.75 Å². The number of rotatable bonds is 6. The van der Waals surface area contributed by atoms with Crippen LogP contribution in [-0.2, 0) is 4.79 Å². The topological polar surface area (TPSA) is 55.6 Å². The highest BCUT2D eigenvalue weighted by atomic mass is 19.3. The number of alkyl halides is 2. The van der Waals surface area contributed by atoms with Gasteiger partial charge in [0.2, 0.25) is 5.91 Å². The normalized spacial score (nSPS) is 17.6.